The average Bonchev–Trinajstić information content (AvgIpc) is 3.57. The number of rotatable bonds is 4. The maximum atomic E-state index is 13.5. The van der Waals surface area contributed by atoms with Crippen LogP contribution in [0.15, 0.2) is 121 Å². The zero-order valence-electron chi connectivity index (χ0n) is 36.6. The summed E-state index contributed by atoms with van der Waals surface area (Å²) in [5.41, 5.74) is 13.0. The van der Waals surface area contributed by atoms with E-state index in [9.17, 15) is 10.2 Å². The van der Waals surface area contributed by atoms with Gasteiger partial charge in [-0.15, -0.1) is 0 Å². The van der Waals surface area contributed by atoms with E-state index in [1.807, 2.05) is 24.3 Å². The van der Waals surface area contributed by atoms with Crippen molar-refractivity contribution < 1.29 is 10.2 Å². The van der Waals surface area contributed by atoms with Crippen molar-refractivity contribution in [2.75, 3.05) is 0 Å². The Morgan fingerprint density at radius 3 is 0.810 bits per heavy atom. The molecular formula is C56H60O2. The summed E-state index contributed by atoms with van der Waals surface area (Å²) in [7, 11) is 0. The van der Waals surface area contributed by atoms with Crippen molar-refractivity contribution in [2.45, 2.75) is 116 Å². The Morgan fingerprint density at radius 1 is 0.328 bits per heavy atom. The van der Waals surface area contributed by atoms with Crippen molar-refractivity contribution in [3.8, 4) is 22.3 Å². The van der Waals surface area contributed by atoms with E-state index in [1.54, 1.807) is 0 Å². The lowest BCUT2D eigenvalue weighted by Crippen LogP contribution is -2.29. The molecule has 2 N–H and O–H groups in total. The molecule has 2 heteroatoms. The lowest BCUT2D eigenvalue weighted by molar-refractivity contribution is 0.129. The first-order valence-electron chi connectivity index (χ1n) is 21.0. The SMILES string of the molecule is CC(C)(C)c1ccc2c(c1)C(O)(c1ccccc1C=Cc1ccccc1C1(O)c3cc(C(C)(C)C)ccc3-c3ccc(C(C)(C)C)cc31)c1cc(C(C)(C)C)ccc1-2. The Hall–Kier alpha value is -5.02. The normalized spacial score (nSPS) is 15.6. The minimum absolute atomic E-state index is 0.0938. The minimum atomic E-state index is -1.39. The molecular weight excluding hydrogens is 705 g/mol. The monoisotopic (exact) mass is 764 g/mol. The molecule has 0 bridgehead atoms. The van der Waals surface area contributed by atoms with Gasteiger partial charge in [0, 0.05) is 22.3 Å². The highest BCUT2D eigenvalue weighted by molar-refractivity contribution is 5.87. The molecule has 0 saturated heterocycles. The second kappa shape index (κ2) is 13.2. The van der Waals surface area contributed by atoms with Gasteiger partial charge in [0.25, 0.3) is 0 Å². The van der Waals surface area contributed by atoms with E-state index in [4.69, 9.17) is 0 Å². The van der Waals surface area contributed by atoms with Gasteiger partial charge in [-0.05, 0) is 88.4 Å². The van der Waals surface area contributed by atoms with Gasteiger partial charge in [0.15, 0.2) is 0 Å². The summed E-state index contributed by atoms with van der Waals surface area (Å²) < 4.78 is 0. The molecule has 2 aliphatic rings. The zero-order valence-corrected chi connectivity index (χ0v) is 36.6. The summed E-state index contributed by atoms with van der Waals surface area (Å²) in [6.45, 7) is 26.7. The van der Waals surface area contributed by atoms with E-state index < -0.39 is 11.2 Å². The van der Waals surface area contributed by atoms with Gasteiger partial charge in [-0.25, -0.2) is 0 Å². The average molecular weight is 765 g/mol. The number of hydrogen-bond donors (Lipinski definition) is 2. The maximum Gasteiger partial charge on any atom is 0.142 e. The first kappa shape index (κ1) is 39.8. The molecule has 6 aromatic carbocycles. The summed E-state index contributed by atoms with van der Waals surface area (Å²) in [5, 5.41) is 27.0. The first-order chi connectivity index (χ1) is 27.0. The Labute approximate surface area is 347 Å². The molecule has 0 unspecified atom stereocenters. The highest BCUT2D eigenvalue weighted by Gasteiger charge is 2.47. The molecule has 0 heterocycles. The number of fused-ring (bicyclic) bond motifs is 6. The summed E-state index contributed by atoms with van der Waals surface area (Å²) >= 11 is 0. The van der Waals surface area contributed by atoms with E-state index in [-0.39, 0.29) is 21.7 Å². The van der Waals surface area contributed by atoms with Crippen molar-refractivity contribution in [3.05, 3.63) is 188 Å². The van der Waals surface area contributed by atoms with Crippen LogP contribution in [-0.4, -0.2) is 10.2 Å². The smallest absolute Gasteiger partial charge is 0.142 e. The van der Waals surface area contributed by atoms with Gasteiger partial charge >= 0.3 is 0 Å². The fourth-order valence-electron chi connectivity index (χ4n) is 9.17. The molecule has 58 heavy (non-hydrogen) atoms. The van der Waals surface area contributed by atoms with Crippen LogP contribution in [-0.2, 0) is 32.9 Å². The van der Waals surface area contributed by atoms with Crippen LogP contribution in [0.5, 0.6) is 0 Å². The molecule has 2 aliphatic carbocycles. The largest absolute Gasteiger partial charge is 0.376 e. The van der Waals surface area contributed by atoms with Gasteiger partial charge in [-0.3, -0.25) is 0 Å². The van der Waals surface area contributed by atoms with E-state index in [2.05, 4.69) is 192 Å². The van der Waals surface area contributed by atoms with Crippen molar-refractivity contribution >= 4 is 12.2 Å². The van der Waals surface area contributed by atoms with Crippen LogP contribution in [0.4, 0.5) is 0 Å². The standard InChI is InChI=1S/C56H60O2/c1-51(2,3)37-23-27-41-42-28-24-38(52(4,5)6)32-48(42)55(57,47(41)31-37)45-19-15-13-17-35(45)21-22-36-18-14-16-20-46(36)56(58)49-33-39(53(7,8)9)25-29-43(49)44-30-26-40(34-50(44)56)54(10,11)12/h13-34,57-58H,1-12H3. The Balaban J connectivity index is 1.32. The zero-order chi connectivity index (χ0) is 41.8. The molecule has 0 fully saturated rings. The molecule has 0 amide bonds. The molecule has 0 radical (unpaired) electrons. The van der Waals surface area contributed by atoms with E-state index in [0.717, 1.165) is 66.8 Å². The highest BCUT2D eigenvalue weighted by Crippen LogP contribution is 2.55. The van der Waals surface area contributed by atoms with Gasteiger partial charge in [0.1, 0.15) is 11.2 Å². The van der Waals surface area contributed by atoms with Crippen molar-refractivity contribution in [3.63, 3.8) is 0 Å². The predicted molar refractivity (Wildman–Crippen MR) is 245 cm³/mol. The molecule has 6 aromatic rings. The lowest BCUT2D eigenvalue weighted by Gasteiger charge is -2.31. The molecule has 296 valence electrons. The highest BCUT2D eigenvalue weighted by atomic mass is 16.3. The third-order valence-corrected chi connectivity index (χ3v) is 12.8. The Kier molecular flexibility index (Phi) is 9.09. The van der Waals surface area contributed by atoms with Gasteiger partial charge < -0.3 is 10.2 Å². The van der Waals surface area contributed by atoms with Crippen LogP contribution in [0.25, 0.3) is 34.4 Å². The molecule has 0 spiro atoms. The van der Waals surface area contributed by atoms with Gasteiger partial charge in [-0.2, -0.15) is 0 Å². The van der Waals surface area contributed by atoms with Gasteiger partial charge in [0.2, 0.25) is 0 Å². The fraction of sp³-hybridized carbons (Fsp3) is 0.321. The molecule has 2 nitrogen and oxygen atoms in total. The van der Waals surface area contributed by atoms with Crippen molar-refractivity contribution in [2.24, 2.45) is 0 Å². The van der Waals surface area contributed by atoms with Crippen molar-refractivity contribution in [1.82, 2.24) is 0 Å². The van der Waals surface area contributed by atoms with Crippen LogP contribution < -0.4 is 0 Å². The number of hydrogen-bond acceptors (Lipinski definition) is 2. The molecule has 0 aromatic heterocycles. The van der Waals surface area contributed by atoms with E-state index in [1.165, 1.54) is 22.3 Å². The molecule has 8 rings (SSSR count). The van der Waals surface area contributed by atoms with Crippen LogP contribution in [0.1, 0.15) is 150 Å². The van der Waals surface area contributed by atoms with Crippen LogP contribution >= 0.6 is 0 Å². The molecule has 0 atom stereocenters. The second-order valence-corrected chi connectivity index (χ2v) is 21.0. The topological polar surface area (TPSA) is 40.5 Å². The Morgan fingerprint density at radius 2 is 0.569 bits per heavy atom. The predicted octanol–water partition coefficient (Wildman–Crippen LogP) is 13.6. The van der Waals surface area contributed by atoms with Crippen LogP contribution in [0.2, 0.25) is 0 Å². The second-order valence-electron chi connectivity index (χ2n) is 21.0. The molecule has 0 aliphatic heterocycles. The van der Waals surface area contributed by atoms with Crippen molar-refractivity contribution in [1.29, 1.82) is 0 Å². The summed E-state index contributed by atoms with van der Waals surface area (Å²) in [4.78, 5) is 0. The summed E-state index contributed by atoms with van der Waals surface area (Å²) in [6.07, 6.45) is 4.25. The van der Waals surface area contributed by atoms with Crippen LogP contribution in [0, 0.1) is 0 Å². The fourth-order valence-corrected chi connectivity index (χ4v) is 9.17. The van der Waals surface area contributed by atoms with Crippen LogP contribution in [0.3, 0.4) is 0 Å². The number of aliphatic hydroxyl groups is 2. The lowest BCUT2D eigenvalue weighted by atomic mass is 9.77. The maximum absolute atomic E-state index is 13.5. The summed E-state index contributed by atoms with van der Waals surface area (Å²) in [5.74, 6) is 0. The van der Waals surface area contributed by atoms with Gasteiger partial charge in [0.05, 0.1) is 0 Å². The number of benzene rings is 6. The first-order valence-corrected chi connectivity index (χ1v) is 21.0. The van der Waals surface area contributed by atoms with E-state index >= 15 is 0 Å². The third kappa shape index (κ3) is 6.32. The van der Waals surface area contributed by atoms with E-state index in [0.29, 0.717) is 0 Å². The third-order valence-electron chi connectivity index (χ3n) is 12.8. The van der Waals surface area contributed by atoms with Gasteiger partial charge in [-0.1, -0.05) is 217 Å². The molecule has 0 saturated carbocycles. The quantitative estimate of drug-likeness (QED) is 0.176. The Bertz CT molecular complexity index is 2310. The minimum Gasteiger partial charge on any atom is -0.376 e. The summed E-state index contributed by atoms with van der Waals surface area (Å²) in [6, 6.07) is 43.1.